The lowest BCUT2D eigenvalue weighted by molar-refractivity contribution is 0.0697. The highest BCUT2D eigenvalue weighted by atomic mass is 35.5. The number of nitrogens with one attached hydrogen (secondary N) is 1. The van der Waals surface area contributed by atoms with Crippen LogP contribution in [-0.4, -0.2) is 30.8 Å². The molecule has 2 N–H and O–H groups in total. The average Bonchev–Trinajstić information content (AvgIpc) is 2.94. The van der Waals surface area contributed by atoms with Gasteiger partial charge in [0.1, 0.15) is 5.15 Å². The van der Waals surface area contributed by atoms with E-state index in [4.69, 9.17) is 16.7 Å². The predicted octanol–water partition coefficient (Wildman–Crippen LogP) is 3.90. The van der Waals surface area contributed by atoms with Crippen LogP contribution in [0.2, 0.25) is 5.15 Å². The van der Waals surface area contributed by atoms with Crippen molar-refractivity contribution in [1.82, 2.24) is 19.7 Å². The summed E-state index contributed by atoms with van der Waals surface area (Å²) in [5.41, 5.74) is 2.18. The summed E-state index contributed by atoms with van der Waals surface area (Å²) < 4.78 is 1.16. The van der Waals surface area contributed by atoms with E-state index in [1.54, 1.807) is 13.8 Å². The van der Waals surface area contributed by atoms with Crippen LogP contribution in [0.25, 0.3) is 5.95 Å². The molecule has 0 amide bonds. The lowest BCUT2D eigenvalue weighted by Gasteiger charge is -2.07. The number of carboxylic acids is 1. The molecule has 0 bridgehead atoms. The number of carboxylic acid groups (broad SMARTS) is 1. The Bertz CT molecular complexity index is 1110. The summed E-state index contributed by atoms with van der Waals surface area (Å²) in [5.74, 6) is -0.907. The molecule has 0 saturated heterocycles. The number of azo groups is 1. The lowest BCUT2D eigenvalue weighted by atomic mass is 10.2. The van der Waals surface area contributed by atoms with Gasteiger partial charge < -0.3 is 5.11 Å². The van der Waals surface area contributed by atoms with Crippen molar-refractivity contribution < 1.29 is 9.90 Å². The standard InChI is InChI=1S/C18H17ClN6O3/c1-4-13-9(2)20-18(21-15(13)19)25-16(26)14(10(3)24-25)23-22-12-7-5-11(6-8-12)17(27)28/h5-8,24H,4H2,1-3H3,(H,27,28). The van der Waals surface area contributed by atoms with Crippen LogP contribution in [0.3, 0.4) is 0 Å². The molecule has 144 valence electrons. The molecule has 9 nitrogen and oxygen atoms in total. The second-order valence-corrected chi connectivity index (χ2v) is 6.37. The summed E-state index contributed by atoms with van der Waals surface area (Å²) >= 11 is 6.20. The van der Waals surface area contributed by atoms with E-state index in [1.165, 1.54) is 24.3 Å². The molecule has 0 spiro atoms. The van der Waals surface area contributed by atoms with Gasteiger partial charge in [-0.05, 0) is 44.5 Å². The number of aryl methyl sites for hydroxylation is 2. The molecule has 0 fully saturated rings. The molecule has 2 heterocycles. The van der Waals surface area contributed by atoms with Gasteiger partial charge in [-0.15, -0.1) is 5.11 Å². The highest BCUT2D eigenvalue weighted by Crippen LogP contribution is 2.21. The lowest BCUT2D eigenvalue weighted by Crippen LogP contribution is -2.18. The Kier molecular flexibility index (Phi) is 5.36. The second kappa shape index (κ2) is 7.73. The van der Waals surface area contributed by atoms with Crippen molar-refractivity contribution in [3.63, 3.8) is 0 Å². The van der Waals surface area contributed by atoms with Crippen molar-refractivity contribution in [2.24, 2.45) is 10.2 Å². The number of H-pyrrole nitrogens is 1. The third kappa shape index (κ3) is 3.70. The normalized spacial score (nSPS) is 11.3. The number of aromatic amines is 1. The van der Waals surface area contributed by atoms with Crippen LogP contribution in [0, 0.1) is 13.8 Å². The van der Waals surface area contributed by atoms with Crippen LogP contribution in [-0.2, 0) is 6.42 Å². The van der Waals surface area contributed by atoms with Crippen LogP contribution in [0.4, 0.5) is 11.4 Å². The Morgan fingerprint density at radius 3 is 2.46 bits per heavy atom. The summed E-state index contributed by atoms with van der Waals surface area (Å²) in [7, 11) is 0. The van der Waals surface area contributed by atoms with Crippen molar-refractivity contribution in [2.75, 3.05) is 0 Å². The molecule has 0 aliphatic carbocycles. The molecule has 2 aromatic heterocycles. The molecular formula is C18H17ClN6O3. The van der Waals surface area contributed by atoms with Crippen LogP contribution < -0.4 is 5.56 Å². The van der Waals surface area contributed by atoms with Gasteiger partial charge in [0.15, 0.2) is 5.69 Å². The van der Waals surface area contributed by atoms with Gasteiger partial charge in [0.05, 0.1) is 16.9 Å². The largest absolute Gasteiger partial charge is 0.478 e. The summed E-state index contributed by atoms with van der Waals surface area (Å²) in [6.07, 6.45) is 0.684. The molecule has 0 saturated carbocycles. The highest BCUT2D eigenvalue weighted by Gasteiger charge is 2.16. The van der Waals surface area contributed by atoms with Crippen molar-refractivity contribution >= 4 is 28.9 Å². The van der Waals surface area contributed by atoms with Crippen molar-refractivity contribution in [3.8, 4) is 5.95 Å². The molecule has 0 radical (unpaired) electrons. The van der Waals surface area contributed by atoms with Crippen molar-refractivity contribution in [3.05, 3.63) is 62.3 Å². The maximum Gasteiger partial charge on any atom is 0.335 e. The monoisotopic (exact) mass is 400 g/mol. The minimum absolute atomic E-state index is 0.0965. The first-order chi connectivity index (χ1) is 13.3. The van der Waals surface area contributed by atoms with Gasteiger partial charge in [-0.2, -0.15) is 14.8 Å². The summed E-state index contributed by atoms with van der Waals surface area (Å²) in [4.78, 5) is 32.1. The number of rotatable bonds is 5. The van der Waals surface area contributed by atoms with E-state index in [9.17, 15) is 9.59 Å². The summed E-state index contributed by atoms with van der Waals surface area (Å²) in [5, 5.41) is 20.1. The summed E-state index contributed by atoms with van der Waals surface area (Å²) in [6, 6.07) is 5.83. The number of aromatic carboxylic acids is 1. The number of hydrogen-bond donors (Lipinski definition) is 2. The first-order valence-electron chi connectivity index (χ1n) is 8.42. The van der Waals surface area contributed by atoms with Gasteiger partial charge in [0.2, 0.25) is 0 Å². The molecule has 3 aromatic rings. The number of carbonyl (C=O) groups is 1. The maximum atomic E-state index is 12.7. The van der Waals surface area contributed by atoms with Crippen LogP contribution >= 0.6 is 11.6 Å². The zero-order valence-corrected chi connectivity index (χ0v) is 16.2. The van der Waals surface area contributed by atoms with Gasteiger partial charge in [0, 0.05) is 11.3 Å². The Morgan fingerprint density at radius 2 is 1.89 bits per heavy atom. The molecule has 28 heavy (non-hydrogen) atoms. The third-order valence-corrected chi connectivity index (χ3v) is 4.44. The minimum Gasteiger partial charge on any atom is -0.478 e. The fraction of sp³-hybridized carbons (Fsp3) is 0.222. The number of nitrogens with zero attached hydrogens (tertiary/aromatic N) is 5. The quantitative estimate of drug-likeness (QED) is 0.496. The van der Waals surface area contributed by atoms with Crippen LogP contribution in [0.5, 0.6) is 0 Å². The zero-order valence-electron chi connectivity index (χ0n) is 15.4. The zero-order chi connectivity index (χ0) is 20.4. The number of hydrogen-bond acceptors (Lipinski definition) is 6. The Balaban J connectivity index is 1.96. The van der Waals surface area contributed by atoms with E-state index < -0.39 is 11.5 Å². The van der Waals surface area contributed by atoms with E-state index in [1.807, 2.05) is 6.92 Å². The second-order valence-electron chi connectivity index (χ2n) is 6.01. The predicted molar refractivity (Wildman–Crippen MR) is 103 cm³/mol. The number of aromatic nitrogens is 4. The third-order valence-electron chi connectivity index (χ3n) is 4.13. The number of benzene rings is 1. The van der Waals surface area contributed by atoms with Crippen LogP contribution in [0.1, 0.15) is 34.2 Å². The molecular weight excluding hydrogens is 384 g/mol. The maximum absolute atomic E-state index is 12.7. The highest BCUT2D eigenvalue weighted by molar-refractivity contribution is 6.30. The molecule has 0 atom stereocenters. The van der Waals surface area contributed by atoms with E-state index in [0.29, 0.717) is 28.6 Å². The molecule has 0 unspecified atom stereocenters. The van der Waals surface area contributed by atoms with Gasteiger partial charge >= 0.3 is 11.5 Å². The minimum atomic E-state index is -1.03. The van der Waals surface area contributed by atoms with Crippen LogP contribution in [0.15, 0.2) is 39.3 Å². The molecule has 0 aliphatic rings. The smallest absolute Gasteiger partial charge is 0.335 e. The van der Waals surface area contributed by atoms with Gasteiger partial charge in [-0.25, -0.2) is 9.78 Å². The van der Waals surface area contributed by atoms with E-state index in [0.717, 1.165) is 10.2 Å². The Hall–Kier alpha value is -3.33. The van der Waals surface area contributed by atoms with Crippen molar-refractivity contribution in [2.45, 2.75) is 27.2 Å². The summed E-state index contributed by atoms with van der Waals surface area (Å²) in [6.45, 7) is 5.43. The molecule has 3 rings (SSSR count). The van der Waals surface area contributed by atoms with Gasteiger partial charge in [0.25, 0.3) is 5.95 Å². The van der Waals surface area contributed by atoms with Gasteiger partial charge in [-0.3, -0.25) is 9.89 Å². The van der Waals surface area contributed by atoms with E-state index in [2.05, 4.69) is 25.3 Å². The fourth-order valence-corrected chi connectivity index (χ4v) is 2.97. The average molecular weight is 401 g/mol. The number of halogens is 1. The van der Waals surface area contributed by atoms with E-state index >= 15 is 0 Å². The fourth-order valence-electron chi connectivity index (χ4n) is 2.62. The Labute approximate surface area is 164 Å². The van der Waals surface area contributed by atoms with Gasteiger partial charge in [-0.1, -0.05) is 18.5 Å². The SMILES string of the molecule is CCc1c(C)nc(-n2[nH]c(C)c(N=Nc3ccc(C(=O)O)cc3)c2=O)nc1Cl. The topological polar surface area (TPSA) is 126 Å². The van der Waals surface area contributed by atoms with Crippen molar-refractivity contribution in [1.29, 1.82) is 0 Å². The Morgan fingerprint density at radius 1 is 1.21 bits per heavy atom. The molecule has 0 aliphatic heterocycles. The molecule has 1 aromatic carbocycles. The first-order valence-corrected chi connectivity index (χ1v) is 8.79. The van der Waals surface area contributed by atoms with E-state index in [-0.39, 0.29) is 17.2 Å². The first kappa shape index (κ1) is 19.4. The molecule has 10 heteroatoms.